The van der Waals surface area contributed by atoms with Crippen LogP contribution in [0, 0.1) is 0 Å². The molecule has 0 spiro atoms. The molecule has 162 valence electrons. The number of imidazole rings is 1. The monoisotopic (exact) mass is 420 g/mol. The lowest BCUT2D eigenvalue weighted by Gasteiger charge is -2.20. The second-order valence-electron chi connectivity index (χ2n) is 8.46. The van der Waals surface area contributed by atoms with Crippen LogP contribution >= 0.6 is 0 Å². The second kappa shape index (κ2) is 8.17. The van der Waals surface area contributed by atoms with E-state index in [2.05, 4.69) is 4.98 Å². The van der Waals surface area contributed by atoms with E-state index in [0.29, 0.717) is 43.3 Å². The first-order valence-corrected chi connectivity index (χ1v) is 10.4. The molecule has 0 aliphatic rings. The fraction of sp³-hybridized carbons (Fsp3) is 0.333. The van der Waals surface area contributed by atoms with Crippen LogP contribution < -0.4 is 5.73 Å². The average Bonchev–Trinajstić information content (AvgIpc) is 3.04. The van der Waals surface area contributed by atoms with Crippen LogP contribution in [0.1, 0.15) is 37.7 Å². The molecule has 0 saturated carbocycles. The molecule has 4 aromatic rings. The number of fused-ring (bicyclic) bond motifs is 3. The third kappa shape index (κ3) is 4.47. The van der Waals surface area contributed by atoms with Crippen LogP contribution in [-0.2, 0) is 24.3 Å². The van der Waals surface area contributed by atoms with Gasteiger partial charge in [-0.3, -0.25) is 0 Å². The molecule has 2 aromatic heterocycles. The zero-order valence-electron chi connectivity index (χ0n) is 18.1. The van der Waals surface area contributed by atoms with Gasteiger partial charge in [-0.1, -0.05) is 24.3 Å². The molecule has 4 rings (SSSR count). The summed E-state index contributed by atoms with van der Waals surface area (Å²) in [5.74, 6) is 1.31. The van der Waals surface area contributed by atoms with Gasteiger partial charge in [-0.25, -0.2) is 9.97 Å². The largest absolute Gasteiger partial charge is 0.508 e. The van der Waals surface area contributed by atoms with E-state index in [4.69, 9.17) is 15.5 Å². The number of phenols is 1. The lowest BCUT2D eigenvalue weighted by Crippen LogP contribution is -2.27. The number of aromatic hydroxyl groups is 1. The zero-order valence-corrected chi connectivity index (χ0v) is 18.1. The molecule has 2 aromatic carbocycles. The molecule has 0 unspecified atom stereocenters. The summed E-state index contributed by atoms with van der Waals surface area (Å²) in [6, 6.07) is 13.3. The Balaban J connectivity index is 1.86. The SMILES string of the molecule is CCOCc1nc2c(N)nc3cc(Cc4cccc(O)c4)ccc3c2n1CC(C)(C)O. The minimum Gasteiger partial charge on any atom is -0.508 e. The Bertz CT molecular complexity index is 1240. The second-order valence-corrected chi connectivity index (χ2v) is 8.46. The Kier molecular flexibility index (Phi) is 5.56. The summed E-state index contributed by atoms with van der Waals surface area (Å²) in [7, 11) is 0. The van der Waals surface area contributed by atoms with Crippen LogP contribution in [0.25, 0.3) is 21.9 Å². The molecule has 0 aliphatic heterocycles. The van der Waals surface area contributed by atoms with Gasteiger partial charge < -0.3 is 25.3 Å². The number of rotatable bonds is 7. The molecule has 0 amide bonds. The third-order valence-corrected chi connectivity index (χ3v) is 5.15. The minimum absolute atomic E-state index is 0.250. The van der Waals surface area contributed by atoms with Crippen LogP contribution in [0.3, 0.4) is 0 Å². The van der Waals surface area contributed by atoms with E-state index < -0.39 is 5.60 Å². The number of nitrogens with zero attached hydrogens (tertiary/aromatic N) is 3. The number of nitrogens with two attached hydrogens (primary N) is 1. The summed E-state index contributed by atoms with van der Waals surface area (Å²) in [4.78, 5) is 9.30. The topological polar surface area (TPSA) is 106 Å². The van der Waals surface area contributed by atoms with E-state index in [1.54, 1.807) is 26.0 Å². The number of hydrogen-bond acceptors (Lipinski definition) is 6. The highest BCUT2D eigenvalue weighted by Crippen LogP contribution is 2.31. The molecule has 31 heavy (non-hydrogen) atoms. The van der Waals surface area contributed by atoms with Crippen molar-refractivity contribution in [3.63, 3.8) is 0 Å². The molecule has 0 bridgehead atoms. The molecule has 0 aliphatic carbocycles. The highest BCUT2D eigenvalue weighted by molar-refractivity contribution is 6.06. The smallest absolute Gasteiger partial charge is 0.152 e. The number of nitrogen functional groups attached to an aromatic ring is 1. The van der Waals surface area contributed by atoms with Gasteiger partial charge in [0, 0.05) is 12.0 Å². The summed E-state index contributed by atoms with van der Waals surface area (Å²) in [6.45, 7) is 6.72. The predicted molar refractivity (Wildman–Crippen MR) is 122 cm³/mol. The number of aromatic nitrogens is 3. The van der Waals surface area contributed by atoms with Crippen LogP contribution in [0.2, 0.25) is 0 Å². The van der Waals surface area contributed by atoms with Crippen LogP contribution in [-0.4, -0.2) is 37.0 Å². The fourth-order valence-electron chi connectivity index (χ4n) is 3.88. The summed E-state index contributed by atoms with van der Waals surface area (Å²) in [6.07, 6.45) is 0.669. The lowest BCUT2D eigenvalue weighted by molar-refractivity contribution is 0.0582. The maximum Gasteiger partial charge on any atom is 0.152 e. The number of ether oxygens (including phenoxy) is 1. The van der Waals surface area contributed by atoms with Crippen molar-refractivity contribution < 1.29 is 14.9 Å². The Morgan fingerprint density at radius 1 is 1.10 bits per heavy atom. The van der Waals surface area contributed by atoms with Crippen molar-refractivity contribution in [2.75, 3.05) is 12.3 Å². The number of aliphatic hydroxyl groups is 1. The van der Waals surface area contributed by atoms with Crippen LogP contribution in [0.15, 0.2) is 42.5 Å². The van der Waals surface area contributed by atoms with Crippen LogP contribution in [0.4, 0.5) is 5.82 Å². The molecule has 4 N–H and O–H groups in total. The van der Waals surface area contributed by atoms with Gasteiger partial charge in [-0.15, -0.1) is 0 Å². The lowest BCUT2D eigenvalue weighted by atomic mass is 10.0. The zero-order chi connectivity index (χ0) is 22.2. The Morgan fingerprint density at radius 3 is 2.58 bits per heavy atom. The van der Waals surface area contributed by atoms with Gasteiger partial charge >= 0.3 is 0 Å². The van der Waals surface area contributed by atoms with Crippen molar-refractivity contribution >= 4 is 27.8 Å². The van der Waals surface area contributed by atoms with Gasteiger partial charge in [0.1, 0.15) is 23.7 Å². The Hall–Kier alpha value is -3.16. The van der Waals surface area contributed by atoms with E-state index >= 15 is 0 Å². The van der Waals surface area contributed by atoms with E-state index in [9.17, 15) is 10.2 Å². The highest BCUT2D eigenvalue weighted by atomic mass is 16.5. The number of anilines is 1. The molecule has 0 atom stereocenters. The van der Waals surface area contributed by atoms with Crippen molar-refractivity contribution in [3.8, 4) is 5.75 Å². The van der Waals surface area contributed by atoms with Gasteiger partial charge in [-0.2, -0.15) is 0 Å². The summed E-state index contributed by atoms with van der Waals surface area (Å²) in [5, 5.41) is 21.2. The average molecular weight is 421 g/mol. The summed E-state index contributed by atoms with van der Waals surface area (Å²) in [5.41, 5.74) is 9.67. The highest BCUT2D eigenvalue weighted by Gasteiger charge is 2.22. The maximum atomic E-state index is 10.5. The van der Waals surface area contributed by atoms with E-state index in [-0.39, 0.29) is 5.75 Å². The first-order chi connectivity index (χ1) is 14.7. The molecule has 0 saturated heterocycles. The van der Waals surface area contributed by atoms with Gasteiger partial charge in [0.25, 0.3) is 0 Å². The number of benzene rings is 2. The van der Waals surface area contributed by atoms with Gasteiger partial charge in [0.15, 0.2) is 5.82 Å². The van der Waals surface area contributed by atoms with Crippen molar-refractivity contribution in [2.24, 2.45) is 0 Å². The normalized spacial score (nSPS) is 12.1. The summed E-state index contributed by atoms with van der Waals surface area (Å²) >= 11 is 0. The predicted octanol–water partition coefficient (Wildman–Crippen LogP) is 3.77. The standard InChI is InChI=1S/C24H28N4O3/c1-4-31-13-20-27-21-22(28(20)14-24(2,3)30)18-9-8-16(12-19(18)26-23(21)25)10-15-6-5-7-17(29)11-15/h5-9,11-12,29-30H,4,10,13-14H2,1-3H3,(H2,25,26). The van der Waals surface area contributed by atoms with E-state index in [1.165, 1.54) is 0 Å². The van der Waals surface area contributed by atoms with Gasteiger partial charge in [0.05, 0.1) is 23.2 Å². The summed E-state index contributed by atoms with van der Waals surface area (Å²) < 4.78 is 7.59. The molecule has 0 fully saturated rings. The molecule has 0 radical (unpaired) electrons. The first-order valence-electron chi connectivity index (χ1n) is 10.4. The van der Waals surface area contributed by atoms with Gasteiger partial charge in [-0.05, 0) is 56.5 Å². The molecule has 7 nitrogen and oxygen atoms in total. The van der Waals surface area contributed by atoms with Crippen molar-refractivity contribution in [1.82, 2.24) is 14.5 Å². The number of phenolic OH excluding ortho intramolecular Hbond substituents is 1. The molecule has 2 heterocycles. The Morgan fingerprint density at radius 2 is 1.87 bits per heavy atom. The van der Waals surface area contributed by atoms with Crippen molar-refractivity contribution in [3.05, 3.63) is 59.4 Å². The molecular formula is C24H28N4O3. The fourth-order valence-corrected chi connectivity index (χ4v) is 3.88. The maximum absolute atomic E-state index is 10.5. The van der Waals surface area contributed by atoms with E-state index in [1.807, 2.05) is 41.8 Å². The first kappa shape index (κ1) is 21.1. The number of pyridine rings is 1. The molecule has 7 heteroatoms. The van der Waals surface area contributed by atoms with Gasteiger partial charge in [0.2, 0.25) is 0 Å². The third-order valence-electron chi connectivity index (χ3n) is 5.15. The van der Waals surface area contributed by atoms with Crippen LogP contribution in [0.5, 0.6) is 5.75 Å². The van der Waals surface area contributed by atoms with Crippen molar-refractivity contribution in [2.45, 2.75) is 45.9 Å². The van der Waals surface area contributed by atoms with E-state index in [0.717, 1.165) is 27.5 Å². The minimum atomic E-state index is -0.936. The van der Waals surface area contributed by atoms with Crippen molar-refractivity contribution in [1.29, 1.82) is 0 Å². The quantitative estimate of drug-likeness (QED) is 0.420. The Labute approximate surface area is 181 Å². The molecular weight excluding hydrogens is 392 g/mol. The number of hydrogen-bond donors (Lipinski definition) is 3.